The number of carboxylic acids is 1. The van der Waals surface area contributed by atoms with Gasteiger partial charge in [0.15, 0.2) is 0 Å². The molecule has 4 nitrogen and oxygen atoms in total. The molecule has 0 aliphatic heterocycles. The van der Waals surface area contributed by atoms with Crippen LogP contribution in [0.4, 0.5) is 0 Å². The molecule has 0 aromatic heterocycles. The summed E-state index contributed by atoms with van der Waals surface area (Å²) in [5, 5.41) is 8.90. The molecule has 4 heteroatoms. The van der Waals surface area contributed by atoms with E-state index in [4.69, 9.17) is 14.6 Å². The molecule has 0 bridgehead atoms. The average molecular weight is 222 g/mol. The maximum Gasteiger partial charge on any atom is 0.307 e. The van der Waals surface area contributed by atoms with Gasteiger partial charge in [0.05, 0.1) is 20.1 Å². The number of aliphatic carboxylic acids is 1. The lowest BCUT2D eigenvalue weighted by Crippen LogP contribution is -2.00. The molecule has 1 fully saturated rings. The second-order valence-electron chi connectivity index (χ2n) is 3.89. The lowest BCUT2D eigenvalue weighted by atomic mass is 10.1. The SMILES string of the molecule is COc1ccc(OC)c([C@@H]2C[C@@H]2C(=O)O)c1. The minimum atomic E-state index is -0.741. The minimum Gasteiger partial charge on any atom is -0.497 e. The molecule has 0 radical (unpaired) electrons. The van der Waals surface area contributed by atoms with Gasteiger partial charge in [-0.05, 0) is 24.6 Å². The highest BCUT2D eigenvalue weighted by Crippen LogP contribution is 2.51. The number of rotatable bonds is 4. The van der Waals surface area contributed by atoms with E-state index < -0.39 is 5.97 Å². The van der Waals surface area contributed by atoms with Gasteiger partial charge in [-0.2, -0.15) is 0 Å². The van der Waals surface area contributed by atoms with Gasteiger partial charge in [-0.15, -0.1) is 0 Å². The number of carboxylic acid groups (broad SMARTS) is 1. The fourth-order valence-corrected chi connectivity index (χ4v) is 1.94. The average Bonchev–Trinajstić information content (AvgIpc) is 3.08. The lowest BCUT2D eigenvalue weighted by Gasteiger charge is -2.09. The quantitative estimate of drug-likeness (QED) is 0.845. The van der Waals surface area contributed by atoms with Crippen molar-refractivity contribution in [1.82, 2.24) is 0 Å². The second-order valence-corrected chi connectivity index (χ2v) is 3.89. The highest BCUT2D eigenvalue weighted by Gasteiger charge is 2.45. The van der Waals surface area contributed by atoms with Gasteiger partial charge < -0.3 is 14.6 Å². The smallest absolute Gasteiger partial charge is 0.307 e. The Morgan fingerprint density at radius 1 is 1.38 bits per heavy atom. The molecule has 0 saturated heterocycles. The van der Waals surface area contributed by atoms with Crippen molar-refractivity contribution in [2.75, 3.05) is 14.2 Å². The summed E-state index contributed by atoms with van der Waals surface area (Å²) in [4.78, 5) is 10.8. The Balaban J connectivity index is 2.28. The van der Waals surface area contributed by atoms with Gasteiger partial charge in [0.1, 0.15) is 11.5 Å². The molecule has 86 valence electrons. The fourth-order valence-electron chi connectivity index (χ4n) is 1.94. The van der Waals surface area contributed by atoms with Crippen molar-refractivity contribution in [3.05, 3.63) is 23.8 Å². The summed E-state index contributed by atoms with van der Waals surface area (Å²) in [5.74, 6) is 0.500. The molecule has 0 amide bonds. The predicted molar refractivity (Wildman–Crippen MR) is 58.0 cm³/mol. The summed E-state index contributed by atoms with van der Waals surface area (Å²) in [6.45, 7) is 0. The Morgan fingerprint density at radius 3 is 2.62 bits per heavy atom. The zero-order chi connectivity index (χ0) is 11.7. The highest BCUT2D eigenvalue weighted by molar-refractivity contribution is 5.75. The first-order valence-electron chi connectivity index (χ1n) is 5.12. The minimum absolute atomic E-state index is 0.0579. The molecule has 1 aromatic carbocycles. The number of hydrogen-bond donors (Lipinski definition) is 1. The van der Waals surface area contributed by atoms with Crippen LogP contribution in [0.3, 0.4) is 0 Å². The van der Waals surface area contributed by atoms with E-state index >= 15 is 0 Å². The third-order valence-corrected chi connectivity index (χ3v) is 2.94. The third kappa shape index (κ3) is 1.83. The second kappa shape index (κ2) is 4.04. The highest BCUT2D eigenvalue weighted by atomic mass is 16.5. The molecule has 0 heterocycles. The van der Waals surface area contributed by atoms with E-state index in [0.717, 1.165) is 17.1 Å². The Morgan fingerprint density at radius 2 is 2.12 bits per heavy atom. The van der Waals surface area contributed by atoms with Gasteiger partial charge >= 0.3 is 5.97 Å². The van der Waals surface area contributed by atoms with Gasteiger partial charge in [0.25, 0.3) is 0 Å². The van der Waals surface area contributed by atoms with Crippen LogP contribution >= 0.6 is 0 Å². The Bertz CT molecular complexity index is 413. The summed E-state index contributed by atoms with van der Waals surface area (Å²) in [6, 6.07) is 5.47. The van der Waals surface area contributed by atoms with Crippen LogP contribution in [0.15, 0.2) is 18.2 Å². The topological polar surface area (TPSA) is 55.8 Å². The maximum atomic E-state index is 10.8. The summed E-state index contributed by atoms with van der Waals surface area (Å²) in [6.07, 6.45) is 0.679. The van der Waals surface area contributed by atoms with Crippen molar-refractivity contribution in [2.45, 2.75) is 12.3 Å². The van der Waals surface area contributed by atoms with Crippen LogP contribution in [-0.4, -0.2) is 25.3 Å². The van der Waals surface area contributed by atoms with Crippen LogP contribution in [0.1, 0.15) is 17.9 Å². The van der Waals surface area contributed by atoms with Gasteiger partial charge in [0.2, 0.25) is 0 Å². The van der Waals surface area contributed by atoms with E-state index in [9.17, 15) is 4.79 Å². The molecule has 1 N–H and O–H groups in total. The first-order chi connectivity index (χ1) is 7.67. The van der Waals surface area contributed by atoms with E-state index in [1.54, 1.807) is 20.3 Å². The summed E-state index contributed by atoms with van der Waals surface area (Å²) in [7, 11) is 3.18. The van der Waals surface area contributed by atoms with Crippen molar-refractivity contribution < 1.29 is 19.4 Å². The molecule has 1 saturated carbocycles. The predicted octanol–water partition coefficient (Wildman–Crippen LogP) is 1.89. The van der Waals surface area contributed by atoms with Gasteiger partial charge in [0, 0.05) is 11.5 Å². The van der Waals surface area contributed by atoms with Crippen LogP contribution in [-0.2, 0) is 4.79 Å². The molecule has 0 spiro atoms. The first kappa shape index (κ1) is 10.8. The normalized spacial score (nSPS) is 22.6. The lowest BCUT2D eigenvalue weighted by molar-refractivity contribution is -0.138. The Kier molecular flexibility index (Phi) is 2.73. The van der Waals surface area contributed by atoms with Gasteiger partial charge in [-0.25, -0.2) is 0 Å². The molecular weight excluding hydrogens is 208 g/mol. The van der Waals surface area contributed by atoms with E-state index in [2.05, 4.69) is 0 Å². The van der Waals surface area contributed by atoms with Crippen LogP contribution in [0.2, 0.25) is 0 Å². The van der Waals surface area contributed by atoms with Crippen LogP contribution in [0.5, 0.6) is 11.5 Å². The van der Waals surface area contributed by atoms with Gasteiger partial charge in [-0.3, -0.25) is 4.79 Å². The molecular formula is C12H14O4. The van der Waals surface area contributed by atoms with Crippen LogP contribution in [0.25, 0.3) is 0 Å². The van der Waals surface area contributed by atoms with E-state index in [1.807, 2.05) is 12.1 Å². The fraction of sp³-hybridized carbons (Fsp3) is 0.417. The van der Waals surface area contributed by atoms with E-state index in [1.165, 1.54) is 0 Å². The molecule has 2 rings (SSSR count). The van der Waals surface area contributed by atoms with Crippen molar-refractivity contribution in [3.8, 4) is 11.5 Å². The van der Waals surface area contributed by atoms with Crippen LogP contribution < -0.4 is 9.47 Å². The van der Waals surface area contributed by atoms with Crippen molar-refractivity contribution in [3.63, 3.8) is 0 Å². The number of hydrogen-bond acceptors (Lipinski definition) is 3. The molecule has 0 unspecified atom stereocenters. The zero-order valence-electron chi connectivity index (χ0n) is 9.27. The maximum absolute atomic E-state index is 10.8. The summed E-state index contributed by atoms with van der Waals surface area (Å²) >= 11 is 0. The Hall–Kier alpha value is -1.71. The first-order valence-corrected chi connectivity index (χ1v) is 5.12. The zero-order valence-corrected chi connectivity index (χ0v) is 9.27. The number of methoxy groups -OCH3 is 2. The number of carbonyl (C=O) groups is 1. The standard InChI is InChI=1S/C12H14O4/c1-15-7-3-4-11(16-2)9(5-7)8-6-10(8)12(13)14/h3-5,8,10H,6H2,1-2H3,(H,13,14)/t8-,10-/m0/s1. The van der Waals surface area contributed by atoms with Crippen molar-refractivity contribution >= 4 is 5.97 Å². The number of benzene rings is 1. The molecule has 1 aliphatic carbocycles. The molecule has 1 aromatic rings. The summed E-state index contributed by atoms with van der Waals surface area (Å²) < 4.78 is 10.4. The van der Waals surface area contributed by atoms with E-state index in [0.29, 0.717) is 6.42 Å². The molecule has 2 atom stereocenters. The number of ether oxygens (including phenoxy) is 2. The Labute approximate surface area is 93.8 Å². The largest absolute Gasteiger partial charge is 0.497 e. The molecule has 16 heavy (non-hydrogen) atoms. The van der Waals surface area contributed by atoms with Crippen LogP contribution in [0, 0.1) is 5.92 Å². The van der Waals surface area contributed by atoms with Crippen molar-refractivity contribution in [1.29, 1.82) is 0 Å². The van der Waals surface area contributed by atoms with Gasteiger partial charge in [-0.1, -0.05) is 0 Å². The monoisotopic (exact) mass is 222 g/mol. The third-order valence-electron chi connectivity index (χ3n) is 2.94. The summed E-state index contributed by atoms with van der Waals surface area (Å²) in [5.41, 5.74) is 0.925. The van der Waals surface area contributed by atoms with Crippen molar-refractivity contribution in [2.24, 2.45) is 5.92 Å². The van der Waals surface area contributed by atoms with E-state index in [-0.39, 0.29) is 11.8 Å². The molecule has 1 aliphatic rings.